The van der Waals surface area contributed by atoms with Crippen LogP contribution in [0, 0.1) is 0 Å². The minimum atomic E-state index is -0.345. The van der Waals surface area contributed by atoms with Gasteiger partial charge in [0.25, 0.3) is 0 Å². The number of rotatable bonds is 6. The van der Waals surface area contributed by atoms with E-state index in [4.69, 9.17) is 8.94 Å². The van der Waals surface area contributed by atoms with Crippen LogP contribution in [0.1, 0.15) is 35.0 Å². The van der Waals surface area contributed by atoms with Gasteiger partial charge in [0.1, 0.15) is 0 Å². The van der Waals surface area contributed by atoms with Crippen LogP contribution in [0.3, 0.4) is 0 Å². The van der Waals surface area contributed by atoms with E-state index >= 15 is 0 Å². The molecule has 0 radical (unpaired) electrons. The fourth-order valence-corrected chi connectivity index (χ4v) is 1.74. The van der Waals surface area contributed by atoms with Crippen LogP contribution < -0.4 is 0 Å². The highest BCUT2D eigenvalue weighted by Gasteiger charge is 2.20. The molecule has 0 saturated heterocycles. The molecule has 0 atom stereocenters. The minimum absolute atomic E-state index is 0.0235. The summed E-state index contributed by atoms with van der Waals surface area (Å²) in [4.78, 5) is 15.5. The lowest BCUT2D eigenvalue weighted by Gasteiger charge is -2.12. The van der Waals surface area contributed by atoms with E-state index in [1.54, 1.807) is 7.05 Å². The summed E-state index contributed by atoms with van der Waals surface area (Å²) in [5.41, 5.74) is 0.858. The molecule has 114 valence electrons. The third kappa shape index (κ3) is 3.88. The number of aromatic nitrogens is 3. The molecule has 8 heteroatoms. The first-order valence-electron chi connectivity index (χ1n) is 6.66. The van der Waals surface area contributed by atoms with E-state index in [1.807, 2.05) is 32.0 Å². The van der Waals surface area contributed by atoms with Crippen molar-refractivity contribution < 1.29 is 13.7 Å². The molecule has 2 rings (SSSR count). The number of carbonyl (C=O) groups excluding carboxylic acids is 1. The molecule has 8 nitrogen and oxygen atoms in total. The van der Waals surface area contributed by atoms with E-state index in [-0.39, 0.29) is 11.8 Å². The number of hydrogen-bond acceptors (Lipinski definition) is 7. The Labute approximate surface area is 122 Å². The van der Waals surface area contributed by atoms with Gasteiger partial charge in [0.2, 0.25) is 5.89 Å². The monoisotopic (exact) mass is 293 g/mol. The molecular weight excluding hydrogens is 274 g/mol. The Balaban J connectivity index is 1.99. The molecule has 0 unspecified atom stereocenters. The first kappa shape index (κ1) is 15.2. The average Bonchev–Trinajstić information content (AvgIpc) is 3.06. The Morgan fingerprint density at radius 1 is 1.24 bits per heavy atom. The second-order valence-electron chi connectivity index (χ2n) is 5.04. The van der Waals surface area contributed by atoms with E-state index in [0.717, 1.165) is 12.1 Å². The lowest BCUT2D eigenvalue weighted by atomic mass is 10.3. The molecule has 2 aromatic heterocycles. The molecule has 0 spiro atoms. The molecule has 0 aliphatic carbocycles. The summed E-state index contributed by atoms with van der Waals surface area (Å²) in [5.74, 6) is 0.659. The van der Waals surface area contributed by atoms with Crippen molar-refractivity contribution in [2.45, 2.75) is 26.4 Å². The molecular formula is C13H19N5O3. The Kier molecular flexibility index (Phi) is 4.69. The van der Waals surface area contributed by atoms with Crippen molar-refractivity contribution in [1.29, 1.82) is 0 Å². The third-order valence-corrected chi connectivity index (χ3v) is 2.81. The molecule has 0 fully saturated rings. The lowest BCUT2D eigenvalue weighted by Crippen LogP contribution is -2.26. The Morgan fingerprint density at radius 3 is 2.62 bits per heavy atom. The van der Waals surface area contributed by atoms with E-state index in [2.05, 4.69) is 15.4 Å². The summed E-state index contributed by atoms with van der Waals surface area (Å²) in [7, 11) is 5.41. The van der Waals surface area contributed by atoms with Crippen molar-refractivity contribution in [3.8, 4) is 0 Å². The fourth-order valence-electron chi connectivity index (χ4n) is 1.74. The van der Waals surface area contributed by atoms with Crippen LogP contribution >= 0.6 is 0 Å². The number of carbonyl (C=O) groups is 1. The van der Waals surface area contributed by atoms with E-state index in [0.29, 0.717) is 24.7 Å². The molecule has 0 aliphatic rings. The fraction of sp³-hybridized carbons (Fsp3) is 0.538. The van der Waals surface area contributed by atoms with Gasteiger partial charge in [-0.25, -0.2) is 0 Å². The van der Waals surface area contributed by atoms with Gasteiger partial charge in [-0.3, -0.25) is 4.79 Å². The standard InChI is InChI=1S/C13H19N5O3/c1-5-9-6-10(21-16-9)7-18(4)13(19)12-15-14-11(20-12)8-17(2)3/h6H,5,7-8H2,1-4H3. The highest BCUT2D eigenvalue weighted by Crippen LogP contribution is 2.10. The van der Waals surface area contributed by atoms with Crippen molar-refractivity contribution in [1.82, 2.24) is 25.2 Å². The van der Waals surface area contributed by atoms with Gasteiger partial charge in [-0.15, -0.1) is 10.2 Å². The van der Waals surface area contributed by atoms with Crippen molar-refractivity contribution in [2.24, 2.45) is 0 Å². The average molecular weight is 293 g/mol. The van der Waals surface area contributed by atoms with Crippen LogP contribution in [0.25, 0.3) is 0 Å². The van der Waals surface area contributed by atoms with Crippen LogP contribution in [-0.4, -0.2) is 52.2 Å². The lowest BCUT2D eigenvalue weighted by molar-refractivity contribution is 0.0729. The quantitative estimate of drug-likeness (QED) is 0.783. The molecule has 1 amide bonds. The molecule has 2 heterocycles. The van der Waals surface area contributed by atoms with Crippen molar-refractivity contribution in [3.63, 3.8) is 0 Å². The van der Waals surface area contributed by atoms with Gasteiger partial charge in [0.15, 0.2) is 5.76 Å². The van der Waals surface area contributed by atoms with Gasteiger partial charge in [0, 0.05) is 13.1 Å². The van der Waals surface area contributed by atoms with Crippen LogP contribution in [0.4, 0.5) is 0 Å². The Morgan fingerprint density at radius 2 is 2.00 bits per heavy atom. The van der Waals surface area contributed by atoms with Gasteiger partial charge < -0.3 is 18.7 Å². The maximum Gasteiger partial charge on any atom is 0.311 e. The van der Waals surface area contributed by atoms with E-state index in [1.165, 1.54) is 4.90 Å². The summed E-state index contributed by atoms with van der Waals surface area (Å²) < 4.78 is 10.5. The van der Waals surface area contributed by atoms with Crippen LogP contribution in [-0.2, 0) is 19.5 Å². The highest BCUT2D eigenvalue weighted by molar-refractivity contribution is 5.89. The molecule has 0 bridgehead atoms. The predicted molar refractivity (Wildman–Crippen MR) is 73.4 cm³/mol. The topological polar surface area (TPSA) is 88.5 Å². The Hall–Kier alpha value is -2.22. The summed E-state index contributed by atoms with van der Waals surface area (Å²) in [6, 6.07) is 1.83. The second-order valence-corrected chi connectivity index (χ2v) is 5.04. The zero-order chi connectivity index (χ0) is 15.4. The molecule has 0 N–H and O–H groups in total. The minimum Gasteiger partial charge on any atom is -0.415 e. The molecule has 21 heavy (non-hydrogen) atoms. The zero-order valence-corrected chi connectivity index (χ0v) is 12.7. The van der Waals surface area contributed by atoms with Crippen molar-refractivity contribution >= 4 is 5.91 Å². The van der Waals surface area contributed by atoms with Gasteiger partial charge >= 0.3 is 11.8 Å². The summed E-state index contributed by atoms with van der Waals surface area (Å²) >= 11 is 0. The SMILES string of the molecule is CCc1cc(CN(C)C(=O)c2nnc(CN(C)C)o2)on1. The number of amides is 1. The van der Waals surface area contributed by atoms with Crippen molar-refractivity contribution in [3.05, 3.63) is 29.3 Å². The third-order valence-electron chi connectivity index (χ3n) is 2.81. The first-order valence-corrected chi connectivity index (χ1v) is 6.66. The molecule has 0 aliphatic heterocycles. The van der Waals surface area contributed by atoms with Gasteiger partial charge in [-0.1, -0.05) is 12.1 Å². The molecule has 0 aromatic carbocycles. The van der Waals surface area contributed by atoms with Crippen LogP contribution in [0.15, 0.2) is 15.0 Å². The number of hydrogen-bond donors (Lipinski definition) is 0. The maximum atomic E-state index is 12.2. The summed E-state index contributed by atoms with van der Waals surface area (Å²) in [6.45, 7) is 2.78. The van der Waals surface area contributed by atoms with Gasteiger partial charge in [-0.05, 0) is 20.5 Å². The van der Waals surface area contributed by atoms with Gasteiger partial charge in [-0.2, -0.15) is 0 Å². The van der Waals surface area contributed by atoms with Gasteiger partial charge in [0.05, 0.1) is 18.8 Å². The van der Waals surface area contributed by atoms with Crippen molar-refractivity contribution in [2.75, 3.05) is 21.1 Å². The summed E-state index contributed by atoms with van der Waals surface area (Å²) in [6.07, 6.45) is 0.790. The smallest absolute Gasteiger partial charge is 0.311 e. The number of aryl methyl sites for hydroxylation is 1. The largest absolute Gasteiger partial charge is 0.415 e. The first-order chi connectivity index (χ1) is 9.99. The molecule has 0 saturated carbocycles. The Bertz CT molecular complexity index is 604. The maximum absolute atomic E-state index is 12.2. The highest BCUT2D eigenvalue weighted by atomic mass is 16.5. The second kappa shape index (κ2) is 6.49. The zero-order valence-electron chi connectivity index (χ0n) is 12.7. The normalized spacial score (nSPS) is 11.1. The predicted octanol–water partition coefficient (Wildman–Crippen LogP) is 0.954. The van der Waals surface area contributed by atoms with E-state index in [9.17, 15) is 4.79 Å². The molecule has 2 aromatic rings. The van der Waals surface area contributed by atoms with Crippen LogP contribution in [0.2, 0.25) is 0 Å². The van der Waals surface area contributed by atoms with Crippen LogP contribution in [0.5, 0.6) is 0 Å². The summed E-state index contributed by atoms with van der Waals surface area (Å²) in [5, 5.41) is 11.5. The van der Waals surface area contributed by atoms with E-state index < -0.39 is 0 Å². The number of nitrogens with zero attached hydrogens (tertiary/aromatic N) is 5.